The molecule has 1 amide bonds. The number of hydrogen-bond acceptors (Lipinski definition) is 2. The number of rotatable bonds is 4. The van der Waals surface area contributed by atoms with Crippen LogP contribution in [0.3, 0.4) is 0 Å². The van der Waals surface area contributed by atoms with Crippen LogP contribution >= 0.6 is 11.3 Å². The van der Waals surface area contributed by atoms with Crippen molar-refractivity contribution in [3.8, 4) is 0 Å². The molecular weight excluding hydrogens is 194 g/mol. The molecule has 0 aliphatic rings. The number of nitrogens with one attached hydrogen (secondary N) is 1. The molecule has 1 aromatic heterocycles. The maximum Gasteiger partial charge on any atom is 0.246 e. The fourth-order valence-electron chi connectivity index (χ4n) is 1.03. The summed E-state index contributed by atoms with van der Waals surface area (Å²) in [5, 5.41) is 4.84. The SMILES string of the molecule is CCCNC(=O)/C(C)=C/c1cccs1. The maximum atomic E-state index is 11.5. The zero-order valence-corrected chi connectivity index (χ0v) is 9.36. The number of amides is 1. The van der Waals surface area contributed by atoms with Gasteiger partial charge in [0.2, 0.25) is 5.91 Å². The Morgan fingerprint density at radius 3 is 3.00 bits per heavy atom. The highest BCUT2D eigenvalue weighted by atomic mass is 32.1. The summed E-state index contributed by atoms with van der Waals surface area (Å²) >= 11 is 1.64. The highest BCUT2D eigenvalue weighted by Gasteiger charge is 2.02. The van der Waals surface area contributed by atoms with Gasteiger partial charge in [-0.15, -0.1) is 11.3 Å². The normalized spacial score (nSPS) is 11.4. The van der Waals surface area contributed by atoms with Crippen LogP contribution in [-0.2, 0) is 4.79 Å². The lowest BCUT2D eigenvalue weighted by Crippen LogP contribution is -2.24. The largest absolute Gasteiger partial charge is 0.352 e. The molecule has 1 N–H and O–H groups in total. The van der Waals surface area contributed by atoms with E-state index in [4.69, 9.17) is 0 Å². The van der Waals surface area contributed by atoms with Gasteiger partial charge in [0.25, 0.3) is 0 Å². The highest BCUT2D eigenvalue weighted by molar-refractivity contribution is 7.10. The van der Waals surface area contributed by atoms with Crippen molar-refractivity contribution in [1.29, 1.82) is 0 Å². The van der Waals surface area contributed by atoms with Gasteiger partial charge in [-0.25, -0.2) is 0 Å². The molecule has 3 heteroatoms. The molecule has 1 aromatic rings. The lowest BCUT2D eigenvalue weighted by atomic mass is 10.2. The van der Waals surface area contributed by atoms with Crippen LogP contribution < -0.4 is 5.32 Å². The molecule has 0 atom stereocenters. The van der Waals surface area contributed by atoms with Gasteiger partial charge in [-0.2, -0.15) is 0 Å². The van der Waals surface area contributed by atoms with Crippen molar-refractivity contribution >= 4 is 23.3 Å². The van der Waals surface area contributed by atoms with E-state index in [1.165, 1.54) is 0 Å². The topological polar surface area (TPSA) is 29.1 Å². The Morgan fingerprint density at radius 1 is 1.64 bits per heavy atom. The van der Waals surface area contributed by atoms with E-state index < -0.39 is 0 Å². The molecule has 0 fully saturated rings. The van der Waals surface area contributed by atoms with Crippen LogP contribution in [0, 0.1) is 0 Å². The van der Waals surface area contributed by atoms with Gasteiger partial charge >= 0.3 is 0 Å². The Balaban J connectivity index is 2.56. The second-order valence-corrected chi connectivity index (χ2v) is 4.08. The molecule has 1 rings (SSSR count). The average Bonchev–Trinajstić information content (AvgIpc) is 2.66. The van der Waals surface area contributed by atoms with Crippen molar-refractivity contribution in [2.45, 2.75) is 20.3 Å². The summed E-state index contributed by atoms with van der Waals surface area (Å²) < 4.78 is 0. The maximum absolute atomic E-state index is 11.5. The van der Waals surface area contributed by atoms with Crippen molar-refractivity contribution < 1.29 is 4.79 Å². The Bertz CT molecular complexity index is 314. The summed E-state index contributed by atoms with van der Waals surface area (Å²) in [5.74, 6) is 0.0280. The summed E-state index contributed by atoms with van der Waals surface area (Å²) in [5.41, 5.74) is 0.765. The molecule has 0 radical (unpaired) electrons. The van der Waals surface area contributed by atoms with Crippen LogP contribution in [0.4, 0.5) is 0 Å². The van der Waals surface area contributed by atoms with Gasteiger partial charge in [0.1, 0.15) is 0 Å². The molecule has 0 bridgehead atoms. The quantitative estimate of drug-likeness (QED) is 0.759. The average molecular weight is 209 g/mol. The summed E-state index contributed by atoms with van der Waals surface area (Å²) in [6.07, 6.45) is 2.88. The van der Waals surface area contributed by atoms with E-state index >= 15 is 0 Å². The fraction of sp³-hybridized carbons (Fsp3) is 0.364. The minimum atomic E-state index is 0.0280. The van der Waals surface area contributed by atoms with Gasteiger partial charge in [0.15, 0.2) is 0 Å². The third kappa shape index (κ3) is 3.34. The molecule has 1 heterocycles. The van der Waals surface area contributed by atoms with E-state index in [2.05, 4.69) is 5.32 Å². The van der Waals surface area contributed by atoms with Crippen LogP contribution in [0.5, 0.6) is 0 Å². The number of carbonyl (C=O) groups excluding carboxylic acids is 1. The minimum Gasteiger partial charge on any atom is -0.352 e. The minimum absolute atomic E-state index is 0.0280. The summed E-state index contributed by atoms with van der Waals surface area (Å²) in [6.45, 7) is 4.62. The van der Waals surface area contributed by atoms with Gasteiger partial charge in [-0.05, 0) is 30.9 Å². The number of hydrogen-bond donors (Lipinski definition) is 1. The Kier molecular flexibility index (Phi) is 4.40. The Hall–Kier alpha value is -1.09. The standard InChI is InChI=1S/C11H15NOS/c1-3-6-12-11(13)9(2)8-10-5-4-7-14-10/h4-5,7-8H,3,6H2,1-2H3,(H,12,13)/b9-8+. The predicted molar refractivity (Wildman–Crippen MR) is 61.3 cm³/mol. The van der Waals surface area contributed by atoms with E-state index in [0.29, 0.717) is 0 Å². The first-order valence-corrected chi connectivity index (χ1v) is 5.62. The van der Waals surface area contributed by atoms with Crippen molar-refractivity contribution in [2.24, 2.45) is 0 Å². The smallest absolute Gasteiger partial charge is 0.246 e. The van der Waals surface area contributed by atoms with Crippen LogP contribution in [0.2, 0.25) is 0 Å². The van der Waals surface area contributed by atoms with E-state index in [1.807, 2.05) is 37.4 Å². The molecule has 0 aliphatic carbocycles. The van der Waals surface area contributed by atoms with Crippen molar-refractivity contribution in [3.63, 3.8) is 0 Å². The van der Waals surface area contributed by atoms with Crippen LogP contribution in [0.15, 0.2) is 23.1 Å². The van der Waals surface area contributed by atoms with Gasteiger partial charge in [-0.1, -0.05) is 13.0 Å². The van der Waals surface area contributed by atoms with E-state index in [0.717, 1.165) is 23.4 Å². The molecule has 0 saturated heterocycles. The van der Waals surface area contributed by atoms with Crippen LogP contribution in [-0.4, -0.2) is 12.5 Å². The molecule has 0 saturated carbocycles. The molecular formula is C11H15NOS. The zero-order chi connectivity index (χ0) is 10.4. The summed E-state index contributed by atoms with van der Waals surface area (Å²) in [7, 11) is 0. The zero-order valence-electron chi connectivity index (χ0n) is 8.54. The molecule has 14 heavy (non-hydrogen) atoms. The first-order chi connectivity index (χ1) is 6.74. The van der Waals surface area contributed by atoms with Crippen molar-refractivity contribution in [2.75, 3.05) is 6.54 Å². The lowest BCUT2D eigenvalue weighted by molar-refractivity contribution is -0.117. The van der Waals surface area contributed by atoms with Crippen LogP contribution in [0.25, 0.3) is 6.08 Å². The van der Waals surface area contributed by atoms with Crippen LogP contribution in [0.1, 0.15) is 25.1 Å². The third-order valence-electron chi connectivity index (χ3n) is 1.80. The second kappa shape index (κ2) is 5.60. The summed E-state index contributed by atoms with van der Waals surface area (Å²) in [6, 6.07) is 3.98. The van der Waals surface area contributed by atoms with Crippen molar-refractivity contribution in [3.05, 3.63) is 28.0 Å². The monoisotopic (exact) mass is 209 g/mol. The highest BCUT2D eigenvalue weighted by Crippen LogP contribution is 2.12. The molecule has 0 spiro atoms. The van der Waals surface area contributed by atoms with Gasteiger partial charge in [0, 0.05) is 17.0 Å². The van der Waals surface area contributed by atoms with Gasteiger partial charge < -0.3 is 5.32 Å². The van der Waals surface area contributed by atoms with E-state index in [9.17, 15) is 4.79 Å². The fourth-order valence-corrected chi connectivity index (χ4v) is 1.75. The van der Waals surface area contributed by atoms with Crippen molar-refractivity contribution in [1.82, 2.24) is 5.32 Å². The van der Waals surface area contributed by atoms with E-state index in [1.54, 1.807) is 11.3 Å². The van der Waals surface area contributed by atoms with E-state index in [-0.39, 0.29) is 5.91 Å². The Labute approximate surface area is 88.6 Å². The molecule has 0 unspecified atom stereocenters. The third-order valence-corrected chi connectivity index (χ3v) is 2.61. The molecule has 0 aromatic carbocycles. The number of carbonyl (C=O) groups is 1. The Morgan fingerprint density at radius 2 is 2.43 bits per heavy atom. The first kappa shape index (κ1) is 11.0. The van der Waals surface area contributed by atoms with Gasteiger partial charge in [0.05, 0.1) is 0 Å². The second-order valence-electron chi connectivity index (χ2n) is 3.10. The first-order valence-electron chi connectivity index (χ1n) is 4.74. The molecule has 76 valence electrons. The van der Waals surface area contributed by atoms with Gasteiger partial charge in [-0.3, -0.25) is 4.79 Å². The molecule has 2 nitrogen and oxygen atoms in total. The number of thiophene rings is 1. The molecule has 0 aliphatic heterocycles. The lowest BCUT2D eigenvalue weighted by Gasteiger charge is -2.02. The predicted octanol–water partition coefficient (Wildman–Crippen LogP) is 2.68. The summed E-state index contributed by atoms with van der Waals surface area (Å²) in [4.78, 5) is 12.6.